The second-order valence-electron chi connectivity index (χ2n) is 2.72. The Morgan fingerprint density at radius 2 is 2.12 bits per heavy atom. The van der Waals surface area contributed by atoms with Crippen LogP contribution >= 0.6 is 28.1 Å². The predicted octanol–water partition coefficient (Wildman–Crippen LogP) is 1.07. The normalized spacial score (nSPS) is 10.9. The number of nitrogens with two attached hydrogens (primary N) is 1. The number of hydrogen-bond donors (Lipinski definition) is 3. The summed E-state index contributed by atoms with van der Waals surface area (Å²) in [6.07, 6.45) is 0. The van der Waals surface area contributed by atoms with Crippen LogP contribution in [0.3, 0.4) is 0 Å². The van der Waals surface area contributed by atoms with E-state index in [9.17, 15) is 4.79 Å². The Balaban J connectivity index is 3.13. The summed E-state index contributed by atoms with van der Waals surface area (Å²) >= 11 is 7.77. The van der Waals surface area contributed by atoms with Crippen molar-refractivity contribution in [3.63, 3.8) is 0 Å². The van der Waals surface area contributed by atoms with E-state index in [1.54, 1.807) is 24.3 Å². The summed E-state index contributed by atoms with van der Waals surface area (Å²) in [5.41, 5.74) is 7.69. The lowest BCUT2D eigenvalue weighted by atomic mass is 10.1. The largest absolute Gasteiger partial charge is 0.476 e. The van der Waals surface area contributed by atoms with Gasteiger partial charge in [-0.25, -0.2) is 4.79 Å². The minimum atomic E-state index is -1.17. The molecule has 0 heterocycles. The van der Waals surface area contributed by atoms with Gasteiger partial charge in [-0.05, 0) is 18.3 Å². The first-order valence-electron chi connectivity index (χ1n) is 4.13. The van der Waals surface area contributed by atoms with E-state index in [0.717, 1.165) is 0 Å². The van der Waals surface area contributed by atoms with E-state index in [1.807, 2.05) is 0 Å². The molecule has 16 heavy (non-hydrogen) atoms. The molecule has 0 bridgehead atoms. The molecule has 1 aromatic carbocycles. The molecule has 4 N–H and O–H groups in total. The second kappa shape index (κ2) is 5.57. The lowest BCUT2D eigenvalue weighted by Crippen LogP contribution is -2.28. The molecule has 5 nitrogen and oxygen atoms in total. The molecule has 7 heteroatoms. The molecule has 1 aromatic rings. The Labute approximate surface area is 105 Å². The van der Waals surface area contributed by atoms with Gasteiger partial charge in [0.15, 0.2) is 10.8 Å². The summed E-state index contributed by atoms with van der Waals surface area (Å²) in [4.78, 5) is 11.0. The number of benzene rings is 1. The third kappa shape index (κ3) is 3.28. The van der Waals surface area contributed by atoms with Crippen LogP contribution in [0.2, 0.25) is 0 Å². The average Bonchev–Trinajstić information content (AvgIpc) is 2.20. The number of hydrazone groups is 1. The van der Waals surface area contributed by atoms with Crippen molar-refractivity contribution >= 4 is 44.9 Å². The van der Waals surface area contributed by atoms with E-state index in [-0.39, 0.29) is 10.8 Å². The quantitative estimate of drug-likeness (QED) is 0.442. The summed E-state index contributed by atoms with van der Waals surface area (Å²) in [6, 6.07) is 6.82. The highest BCUT2D eigenvalue weighted by Crippen LogP contribution is 2.16. The molecular formula is C9H8BrN3O2S. The van der Waals surface area contributed by atoms with Gasteiger partial charge in [0.1, 0.15) is 0 Å². The number of rotatable bonds is 3. The number of halogens is 1. The molecule has 0 saturated carbocycles. The van der Waals surface area contributed by atoms with Gasteiger partial charge in [-0.1, -0.05) is 34.1 Å². The fourth-order valence-electron chi connectivity index (χ4n) is 0.988. The van der Waals surface area contributed by atoms with Gasteiger partial charge in [-0.2, -0.15) is 5.10 Å². The maximum absolute atomic E-state index is 11.0. The Hall–Kier alpha value is -1.47. The zero-order valence-corrected chi connectivity index (χ0v) is 10.4. The molecule has 0 aliphatic carbocycles. The zero-order chi connectivity index (χ0) is 12.1. The van der Waals surface area contributed by atoms with E-state index >= 15 is 0 Å². The number of carboxylic acids is 1. The first kappa shape index (κ1) is 12.6. The fraction of sp³-hybridized carbons (Fsp3) is 0. The summed E-state index contributed by atoms with van der Waals surface area (Å²) < 4.78 is 0.626. The van der Waals surface area contributed by atoms with Gasteiger partial charge < -0.3 is 10.8 Å². The maximum Gasteiger partial charge on any atom is 0.357 e. The van der Waals surface area contributed by atoms with E-state index in [2.05, 4.69) is 38.7 Å². The zero-order valence-electron chi connectivity index (χ0n) is 7.98. The highest BCUT2D eigenvalue weighted by Gasteiger charge is 2.15. The first-order chi connectivity index (χ1) is 7.52. The number of thiocarbonyl (C=S) groups is 1. The number of nitrogens with zero attached hydrogens (tertiary/aromatic N) is 1. The molecule has 0 aromatic heterocycles. The topological polar surface area (TPSA) is 87.7 Å². The van der Waals surface area contributed by atoms with Crippen LogP contribution in [0.4, 0.5) is 0 Å². The van der Waals surface area contributed by atoms with Crippen LogP contribution in [-0.4, -0.2) is 21.9 Å². The summed E-state index contributed by atoms with van der Waals surface area (Å²) in [6.45, 7) is 0. The van der Waals surface area contributed by atoms with Crippen molar-refractivity contribution < 1.29 is 9.90 Å². The molecule has 0 spiro atoms. The van der Waals surface area contributed by atoms with Gasteiger partial charge in [0.25, 0.3) is 0 Å². The number of carbonyl (C=O) groups is 1. The Morgan fingerprint density at radius 3 is 2.62 bits per heavy atom. The van der Waals surface area contributed by atoms with Crippen molar-refractivity contribution in [3.8, 4) is 0 Å². The first-order valence-corrected chi connectivity index (χ1v) is 5.34. The highest BCUT2D eigenvalue weighted by molar-refractivity contribution is 9.10. The van der Waals surface area contributed by atoms with Crippen molar-refractivity contribution in [2.45, 2.75) is 0 Å². The monoisotopic (exact) mass is 301 g/mol. The van der Waals surface area contributed by atoms with Crippen molar-refractivity contribution in [1.29, 1.82) is 0 Å². The second-order valence-corrected chi connectivity index (χ2v) is 4.02. The van der Waals surface area contributed by atoms with E-state index in [1.165, 1.54) is 0 Å². The molecule has 0 saturated heterocycles. The van der Waals surface area contributed by atoms with E-state index < -0.39 is 5.97 Å². The molecule has 0 aliphatic heterocycles. The number of nitrogens with one attached hydrogen (secondary N) is 1. The standard InChI is InChI=1S/C9H8BrN3O2S/c10-6-4-2-1-3-5(6)7(8(14)15)12-13-9(11)16/h1-4H,(H,14,15)(H3,11,13,16)/b12-7+. The lowest BCUT2D eigenvalue weighted by molar-refractivity contribution is -0.129. The molecule has 84 valence electrons. The summed E-state index contributed by atoms with van der Waals surface area (Å²) in [5.74, 6) is -1.17. The van der Waals surface area contributed by atoms with Crippen LogP contribution in [0.25, 0.3) is 0 Å². The third-order valence-corrected chi connectivity index (χ3v) is 2.39. The van der Waals surface area contributed by atoms with Crippen molar-refractivity contribution in [3.05, 3.63) is 34.3 Å². The Morgan fingerprint density at radius 1 is 1.50 bits per heavy atom. The van der Waals surface area contributed by atoms with E-state index in [0.29, 0.717) is 10.0 Å². The highest BCUT2D eigenvalue weighted by atomic mass is 79.9. The van der Waals surface area contributed by atoms with Crippen molar-refractivity contribution in [1.82, 2.24) is 5.43 Å². The van der Waals surface area contributed by atoms with Gasteiger partial charge >= 0.3 is 5.97 Å². The minimum absolute atomic E-state index is 0.0918. The molecule has 0 atom stereocenters. The van der Waals surface area contributed by atoms with Crippen LogP contribution < -0.4 is 11.2 Å². The minimum Gasteiger partial charge on any atom is -0.476 e. The number of carboxylic acid groups (broad SMARTS) is 1. The molecular weight excluding hydrogens is 294 g/mol. The molecule has 0 aliphatic rings. The molecule has 0 amide bonds. The summed E-state index contributed by atoms with van der Waals surface area (Å²) in [5, 5.41) is 12.5. The van der Waals surface area contributed by atoms with Gasteiger partial charge in [-0.15, -0.1) is 0 Å². The Kier molecular flexibility index (Phi) is 4.39. The molecule has 0 radical (unpaired) electrons. The van der Waals surface area contributed by atoms with Crippen LogP contribution in [-0.2, 0) is 4.79 Å². The predicted molar refractivity (Wildman–Crippen MR) is 68.2 cm³/mol. The van der Waals surface area contributed by atoms with Crippen molar-refractivity contribution in [2.75, 3.05) is 0 Å². The summed E-state index contributed by atoms with van der Waals surface area (Å²) in [7, 11) is 0. The molecule has 0 unspecified atom stereocenters. The molecule has 1 rings (SSSR count). The Bertz CT molecular complexity index is 462. The van der Waals surface area contributed by atoms with Gasteiger partial charge in [0.05, 0.1) is 0 Å². The average molecular weight is 302 g/mol. The van der Waals surface area contributed by atoms with Gasteiger partial charge in [0.2, 0.25) is 0 Å². The SMILES string of the molecule is NC(=S)N/N=C(/C(=O)O)c1ccccc1Br. The van der Waals surface area contributed by atoms with Crippen LogP contribution in [0.5, 0.6) is 0 Å². The maximum atomic E-state index is 11.0. The van der Waals surface area contributed by atoms with Crippen LogP contribution in [0, 0.1) is 0 Å². The van der Waals surface area contributed by atoms with Crippen LogP contribution in [0.1, 0.15) is 5.56 Å². The number of aliphatic carboxylic acids is 1. The third-order valence-electron chi connectivity index (χ3n) is 1.61. The molecule has 0 fully saturated rings. The lowest BCUT2D eigenvalue weighted by Gasteiger charge is -2.04. The van der Waals surface area contributed by atoms with Crippen LogP contribution in [0.15, 0.2) is 33.8 Å². The fourth-order valence-corrected chi connectivity index (χ4v) is 1.51. The van der Waals surface area contributed by atoms with Gasteiger partial charge in [-0.3, -0.25) is 5.43 Å². The van der Waals surface area contributed by atoms with Gasteiger partial charge in [0, 0.05) is 10.0 Å². The van der Waals surface area contributed by atoms with Crippen molar-refractivity contribution in [2.24, 2.45) is 10.8 Å². The smallest absolute Gasteiger partial charge is 0.357 e. The van der Waals surface area contributed by atoms with E-state index in [4.69, 9.17) is 10.8 Å². The number of hydrogen-bond acceptors (Lipinski definition) is 3.